The Bertz CT molecular complexity index is 1830. The first-order chi connectivity index (χ1) is 23.6. The van der Waals surface area contributed by atoms with Crippen molar-refractivity contribution in [2.75, 3.05) is 14.2 Å². The van der Waals surface area contributed by atoms with Gasteiger partial charge in [-0.1, -0.05) is 84.9 Å². The maximum absolute atomic E-state index is 12.7. The molecule has 4 aromatic carbocycles. The van der Waals surface area contributed by atoms with E-state index in [-0.39, 0.29) is 28.4 Å². The number of aliphatic hydroxyl groups excluding tert-OH is 1. The van der Waals surface area contributed by atoms with E-state index >= 15 is 0 Å². The molecule has 0 aromatic heterocycles. The van der Waals surface area contributed by atoms with Gasteiger partial charge in [-0.15, -0.1) is 0 Å². The first kappa shape index (κ1) is 35.9. The number of benzene rings is 4. The molecule has 0 aliphatic rings. The summed E-state index contributed by atoms with van der Waals surface area (Å²) >= 11 is 0. The third kappa shape index (κ3) is 11.1. The van der Waals surface area contributed by atoms with Crippen molar-refractivity contribution in [1.29, 1.82) is 0 Å². The summed E-state index contributed by atoms with van der Waals surface area (Å²) in [4.78, 5) is 38.0. The van der Waals surface area contributed by atoms with E-state index in [9.17, 15) is 19.5 Å². The van der Waals surface area contributed by atoms with Gasteiger partial charge >= 0.3 is 11.9 Å². The van der Waals surface area contributed by atoms with Gasteiger partial charge in [-0.25, -0.2) is 9.59 Å². The van der Waals surface area contributed by atoms with Crippen molar-refractivity contribution in [3.8, 4) is 11.5 Å². The van der Waals surface area contributed by atoms with Crippen LogP contribution >= 0.6 is 0 Å². The molecule has 5 N–H and O–H groups in total. The first-order valence-electron chi connectivity index (χ1n) is 15.3. The normalized spacial score (nSPS) is 12.8. The molecule has 10 heteroatoms. The van der Waals surface area contributed by atoms with Crippen LogP contribution in [0.2, 0.25) is 0 Å². The molecular weight excluding hydrogens is 624 g/mol. The predicted molar refractivity (Wildman–Crippen MR) is 187 cm³/mol. The lowest BCUT2D eigenvalue weighted by Crippen LogP contribution is -2.29. The summed E-state index contributed by atoms with van der Waals surface area (Å²) in [6.45, 7) is 0. The van der Waals surface area contributed by atoms with Crippen molar-refractivity contribution < 1.29 is 38.4 Å². The van der Waals surface area contributed by atoms with E-state index < -0.39 is 30.2 Å². The standard InChI is InChI=1S/C39H38N2O8/c1-46-34-21-28(15-19-32(34)38(44)48-36(40)23-26-9-5-3-6-10-26)13-17-30(42)25-31(43)18-14-29-16-20-33(35(22-29)47-2)39(45)49-37(41)24-27-11-7-4-8-12-27/h3-22,25,36-37,42H,23-24,40-41H2,1-2H3/b17-13+,18-14+,30-25-. The fourth-order valence-electron chi connectivity index (χ4n) is 4.74. The molecule has 4 rings (SSSR count). The van der Waals surface area contributed by atoms with Crippen molar-refractivity contribution in [2.24, 2.45) is 11.5 Å². The molecule has 0 amide bonds. The van der Waals surface area contributed by atoms with Crippen LogP contribution in [-0.2, 0) is 27.1 Å². The molecule has 0 spiro atoms. The topological polar surface area (TPSA) is 160 Å². The lowest BCUT2D eigenvalue weighted by atomic mass is 10.1. The Morgan fingerprint density at radius 3 is 1.51 bits per heavy atom. The zero-order valence-electron chi connectivity index (χ0n) is 27.2. The Balaban J connectivity index is 1.33. The second-order valence-corrected chi connectivity index (χ2v) is 10.8. The number of hydrogen-bond acceptors (Lipinski definition) is 10. The largest absolute Gasteiger partial charge is 0.508 e. The molecule has 0 aliphatic carbocycles. The van der Waals surface area contributed by atoms with Gasteiger partial charge < -0.3 is 24.1 Å². The smallest absolute Gasteiger partial charge is 0.343 e. The van der Waals surface area contributed by atoms with Gasteiger partial charge in [0.05, 0.1) is 14.2 Å². The van der Waals surface area contributed by atoms with E-state index in [1.807, 2.05) is 60.7 Å². The predicted octanol–water partition coefficient (Wildman–Crippen LogP) is 5.81. The quantitative estimate of drug-likeness (QED) is 0.0466. The van der Waals surface area contributed by atoms with Crippen molar-refractivity contribution >= 4 is 29.9 Å². The molecule has 0 saturated heterocycles. The summed E-state index contributed by atoms with van der Waals surface area (Å²) in [6, 6.07) is 28.4. The zero-order valence-corrected chi connectivity index (χ0v) is 27.2. The molecule has 0 heterocycles. The second kappa shape index (κ2) is 17.8. The maximum atomic E-state index is 12.7. The van der Waals surface area contributed by atoms with Crippen LogP contribution in [0, 0.1) is 0 Å². The van der Waals surface area contributed by atoms with Gasteiger partial charge in [-0.2, -0.15) is 0 Å². The summed E-state index contributed by atoms with van der Waals surface area (Å²) in [5, 5.41) is 10.3. The van der Waals surface area contributed by atoms with Gasteiger partial charge in [0.15, 0.2) is 18.2 Å². The highest BCUT2D eigenvalue weighted by molar-refractivity contribution is 6.02. The van der Waals surface area contributed by atoms with Crippen molar-refractivity contribution in [3.05, 3.63) is 154 Å². The third-order valence-electron chi connectivity index (χ3n) is 7.14. The SMILES string of the molecule is COc1cc(/C=C/C(=O)/C=C(O)/C=C/c2ccc(C(=O)OC(N)Cc3ccccc3)c(OC)c2)ccc1C(=O)OC(N)Cc1ccccc1. The number of carbonyl (C=O) groups excluding carboxylic acids is 3. The van der Waals surface area contributed by atoms with Gasteiger partial charge in [0.1, 0.15) is 28.4 Å². The molecule has 2 atom stereocenters. The average molecular weight is 663 g/mol. The first-order valence-corrected chi connectivity index (χ1v) is 15.3. The molecule has 0 saturated carbocycles. The van der Waals surface area contributed by atoms with Gasteiger partial charge in [-0.05, 0) is 58.7 Å². The molecule has 0 radical (unpaired) electrons. The fourth-order valence-corrected chi connectivity index (χ4v) is 4.74. The van der Waals surface area contributed by atoms with Crippen LogP contribution in [0.1, 0.15) is 43.0 Å². The second-order valence-electron chi connectivity index (χ2n) is 10.8. The minimum atomic E-state index is -0.842. The number of allylic oxidation sites excluding steroid dienone is 3. The lowest BCUT2D eigenvalue weighted by molar-refractivity contribution is -0.110. The van der Waals surface area contributed by atoms with Crippen molar-refractivity contribution in [2.45, 2.75) is 25.3 Å². The summed E-state index contributed by atoms with van der Waals surface area (Å²) in [7, 11) is 2.84. The number of carbonyl (C=O) groups is 3. The van der Waals surface area contributed by atoms with E-state index in [0.717, 1.165) is 17.2 Å². The lowest BCUT2D eigenvalue weighted by Gasteiger charge is -2.15. The number of hydrogen-bond donors (Lipinski definition) is 3. The van der Waals surface area contributed by atoms with Crippen molar-refractivity contribution in [3.63, 3.8) is 0 Å². The fraction of sp³-hybridized carbons (Fsp3) is 0.154. The minimum Gasteiger partial charge on any atom is -0.508 e. The molecular formula is C39H38N2O8. The highest BCUT2D eigenvalue weighted by Crippen LogP contribution is 2.24. The zero-order chi connectivity index (χ0) is 35.2. The van der Waals surface area contributed by atoms with Gasteiger partial charge in [0.25, 0.3) is 0 Å². The highest BCUT2D eigenvalue weighted by Gasteiger charge is 2.19. The van der Waals surface area contributed by atoms with E-state index in [1.54, 1.807) is 30.3 Å². The maximum Gasteiger partial charge on any atom is 0.343 e. The third-order valence-corrected chi connectivity index (χ3v) is 7.14. The monoisotopic (exact) mass is 662 g/mol. The molecule has 2 unspecified atom stereocenters. The number of rotatable bonds is 15. The number of ketones is 1. The molecule has 252 valence electrons. The summed E-state index contributed by atoms with van der Waals surface area (Å²) in [5.74, 6) is -1.55. The molecule has 0 aliphatic heterocycles. The number of esters is 2. The van der Waals surface area contributed by atoms with Crippen LogP contribution in [0.15, 0.2) is 121 Å². The van der Waals surface area contributed by atoms with Crippen molar-refractivity contribution in [1.82, 2.24) is 0 Å². The van der Waals surface area contributed by atoms with E-state index in [2.05, 4.69) is 0 Å². The van der Waals surface area contributed by atoms with E-state index in [4.69, 9.17) is 30.4 Å². The van der Waals surface area contributed by atoms with Crippen LogP contribution in [0.3, 0.4) is 0 Å². The Hall–Kier alpha value is -5.97. The van der Waals surface area contributed by atoms with E-state index in [0.29, 0.717) is 24.0 Å². The Morgan fingerprint density at radius 1 is 0.653 bits per heavy atom. The Kier molecular flexibility index (Phi) is 13.0. The number of methoxy groups -OCH3 is 2. The van der Waals surface area contributed by atoms with E-state index in [1.165, 1.54) is 44.6 Å². The molecule has 0 bridgehead atoms. The van der Waals surface area contributed by atoms with Crippen LogP contribution in [0.25, 0.3) is 12.2 Å². The Labute approximate surface area is 284 Å². The van der Waals surface area contributed by atoms with Crippen LogP contribution in [-0.4, -0.2) is 49.5 Å². The molecule has 10 nitrogen and oxygen atoms in total. The van der Waals surface area contributed by atoms with Crippen LogP contribution in [0.5, 0.6) is 11.5 Å². The number of ether oxygens (including phenoxy) is 4. The average Bonchev–Trinajstić information content (AvgIpc) is 3.10. The van der Waals surface area contributed by atoms with Gasteiger partial charge in [0, 0.05) is 18.9 Å². The number of nitrogens with two attached hydrogens (primary N) is 2. The Morgan fingerprint density at radius 2 is 1.08 bits per heavy atom. The minimum absolute atomic E-state index is 0.186. The number of aliphatic hydroxyl groups is 1. The molecule has 4 aromatic rings. The summed E-state index contributed by atoms with van der Waals surface area (Å²) in [5.41, 5.74) is 15.4. The highest BCUT2D eigenvalue weighted by atomic mass is 16.6. The van der Waals surface area contributed by atoms with Gasteiger partial charge in [0.2, 0.25) is 0 Å². The van der Waals surface area contributed by atoms with Crippen LogP contribution in [0.4, 0.5) is 0 Å². The van der Waals surface area contributed by atoms with Gasteiger partial charge in [-0.3, -0.25) is 16.3 Å². The molecule has 0 fully saturated rings. The summed E-state index contributed by atoms with van der Waals surface area (Å²) in [6.07, 6.45) is 5.74. The summed E-state index contributed by atoms with van der Waals surface area (Å²) < 4.78 is 21.5. The van der Waals surface area contributed by atoms with Crippen LogP contribution < -0.4 is 20.9 Å². The molecule has 49 heavy (non-hydrogen) atoms.